The molecule has 0 N–H and O–H groups in total. The van der Waals surface area contributed by atoms with Crippen molar-refractivity contribution < 1.29 is 27.8 Å². The van der Waals surface area contributed by atoms with E-state index in [9.17, 15) is 9.18 Å². The third kappa shape index (κ3) is 7.38. The van der Waals surface area contributed by atoms with Crippen molar-refractivity contribution >= 4 is 5.97 Å². The summed E-state index contributed by atoms with van der Waals surface area (Å²) in [5.41, 5.74) is 2.92. The first-order chi connectivity index (χ1) is 19.1. The Morgan fingerprint density at radius 3 is 2.50 bits per heavy atom. The first-order valence-electron chi connectivity index (χ1n) is 13.9. The van der Waals surface area contributed by atoms with Gasteiger partial charge >= 0.3 is 5.97 Å². The third-order valence-electron chi connectivity index (χ3n) is 7.68. The second kappa shape index (κ2) is 12.8. The predicted molar refractivity (Wildman–Crippen MR) is 151 cm³/mol. The number of benzene rings is 2. The standard InChI is InChI=1S/C33H39F2NO4/c1-6-12-33(2,3)18-23-13-24(29(34)15-27(23)28-16-31(38-4)36-19-30(28)35)20-40-25-9-7-8-22(14-25)26(21-10-11-21)17-32(37)39-5/h7-9,13-16,19,21,26H,6,10-12,17-18,20H2,1-5H3. The zero-order valence-electron chi connectivity index (χ0n) is 24.1. The van der Waals surface area contributed by atoms with Gasteiger partial charge in [0, 0.05) is 17.2 Å². The number of hydrogen-bond donors (Lipinski definition) is 0. The molecular formula is C33H39F2NO4. The number of ether oxygens (including phenoxy) is 3. The maximum absolute atomic E-state index is 15.5. The number of esters is 1. The number of hydrogen-bond acceptors (Lipinski definition) is 5. The Kier molecular flexibility index (Phi) is 9.44. The fourth-order valence-electron chi connectivity index (χ4n) is 5.51. The molecule has 0 amide bonds. The molecule has 1 unspecified atom stereocenters. The Morgan fingerprint density at radius 2 is 1.82 bits per heavy atom. The molecule has 1 aliphatic carbocycles. The lowest BCUT2D eigenvalue weighted by atomic mass is 9.79. The molecule has 4 rings (SSSR count). The van der Waals surface area contributed by atoms with Crippen LogP contribution in [-0.4, -0.2) is 25.2 Å². The van der Waals surface area contributed by atoms with Crippen LogP contribution in [0, 0.1) is 23.0 Å². The van der Waals surface area contributed by atoms with Crippen LogP contribution in [0.4, 0.5) is 8.78 Å². The molecule has 1 fully saturated rings. The lowest BCUT2D eigenvalue weighted by molar-refractivity contribution is -0.141. The quantitative estimate of drug-likeness (QED) is 0.201. The van der Waals surface area contributed by atoms with Gasteiger partial charge in [0.2, 0.25) is 5.88 Å². The van der Waals surface area contributed by atoms with E-state index in [4.69, 9.17) is 14.2 Å². The van der Waals surface area contributed by atoms with Gasteiger partial charge < -0.3 is 14.2 Å². The smallest absolute Gasteiger partial charge is 0.306 e. The van der Waals surface area contributed by atoms with Crippen LogP contribution in [0.3, 0.4) is 0 Å². The molecule has 214 valence electrons. The number of carbonyl (C=O) groups is 1. The normalized spacial score (nSPS) is 14.1. The summed E-state index contributed by atoms with van der Waals surface area (Å²) in [6.07, 6.45) is 6.22. The van der Waals surface area contributed by atoms with Crippen molar-refractivity contribution in [2.75, 3.05) is 14.2 Å². The second-order valence-corrected chi connectivity index (χ2v) is 11.5. The van der Waals surface area contributed by atoms with Gasteiger partial charge in [-0.1, -0.05) is 39.3 Å². The van der Waals surface area contributed by atoms with Crippen molar-refractivity contribution in [2.45, 2.75) is 71.8 Å². The number of carbonyl (C=O) groups excluding carboxylic acids is 1. The van der Waals surface area contributed by atoms with E-state index in [0.717, 1.165) is 43.0 Å². The number of aromatic nitrogens is 1. The monoisotopic (exact) mass is 551 g/mol. The zero-order valence-corrected chi connectivity index (χ0v) is 24.1. The van der Waals surface area contributed by atoms with Crippen LogP contribution in [0.5, 0.6) is 11.6 Å². The predicted octanol–water partition coefficient (Wildman–Crippen LogP) is 8.04. The van der Waals surface area contributed by atoms with E-state index in [1.165, 1.54) is 26.4 Å². The number of nitrogens with zero attached hydrogens (tertiary/aromatic N) is 1. The summed E-state index contributed by atoms with van der Waals surface area (Å²) in [6.45, 7) is 6.48. The highest BCUT2D eigenvalue weighted by atomic mass is 19.1. The van der Waals surface area contributed by atoms with E-state index in [1.807, 2.05) is 24.3 Å². The van der Waals surface area contributed by atoms with Crippen LogP contribution in [0.15, 0.2) is 48.7 Å². The molecular weight excluding hydrogens is 512 g/mol. The average Bonchev–Trinajstić information content (AvgIpc) is 3.77. The van der Waals surface area contributed by atoms with Crippen LogP contribution in [0.2, 0.25) is 0 Å². The van der Waals surface area contributed by atoms with Crippen molar-refractivity contribution in [3.8, 4) is 22.8 Å². The summed E-state index contributed by atoms with van der Waals surface area (Å²) in [7, 11) is 2.87. The molecule has 2 aromatic carbocycles. The maximum Gasteiger partial charge on any atom is 0.306 e. The van der Waals surface area contributed by atoms with Crippen LogP contribution in [0.1, 0.15) is 75.5 Å². The molecule has 0 aliphatic heterocycles. The largest absolute Gasteiger partial charge is 0.489 e. The fraction of sp³-hybridized carbons (Fsp3) is 0.455. The van der Waals surface area contributed by atoms with Crippen molar-refractivity contribution in [3.63, 3.8) is 0 Å². The van der Waals surface area contributed by atoms with E-state index < -0.39 is 11.6 Å². The summed E-state index contributed by atoms with van der Waals surface area (Å²) < 4.78 is 46.6. The van der Waals surface area contributed by atoms with Gasteiger partial charge in [-0.2, -0.15) is 0 Å². The van der Waals surface area contributed by atoms with Gasteiger partial charge in [-0.25, -0.2) is 13.8 Å². The molecule has 7 heteroatoms. The molecule has 0 radical (unpaired) electrons. The Labute approximate surface area is 235 Å². The van der Waals surface area contributed by atoms with Crippen LogP contribution >= 0.6 is 0 Å². The lowest BCUT2D eigenvalue weighted by Crippen LogP contribution is -2.16. The van der Waals surface area contributed by atoms with Gasteiger partial charge in [-0.3, -0.25) is 4.79 Å². The van der Waals surface area contributed by atoms with E-state index in [2.05, 4.69) is 25.8 Å². The van der Waals surface area contributed by atoms with Crippen LogP contribution < -0.4 is 9.47 Å². The van der Waals surface area contributed by atoms with Gasteiger partial charge in [0.1, 0.15) is 24.0 Å². The molecule has 0 bridgehead atoms. The van der Waals surface area contributed by atoms with E-state index in [1.54, 1.807) is 6.07 Å². The van der Waals surface area contributed by atoms with Crippen molar-refractivity contribution in [3.05, 3.63) is 77.0 Å². The van der Waals surface area contributed by atoms with E-state index in [0.29, 0.717) is 35.6 Å². The van der Waals surface area contributed by atoms with Crippen LogP contribution in [0.25, 0.3) is 11.1 Å². The zero-order chi connectivity index (χ0) is 28.9. The molecule has 1 heterocycles. The van der Waals surface area contributed by atoms with E-state index in [-0.39, 0.29) is 35.4 Å². The van der Waals surface area contributed by atoms with Crippen LogP contribution in [-0.2, 0) is 22.6 Å². The maximum atomic E-state index is 15.5. The minimum Gasteiger partial charge on any atom is -0.489 e. The molecule has 1 atom stereocenters. The molecule has 1 aromatic heterocycles. The van der Waals surface area contributed by atoms with Gasteiger partial charge in [-0.15, -0.1) is 0 Å². The molecule has 3 aromatic rings. The highest BCUT2D eigenvalue weighted by molar-refractivity contribution is 5.71. The lowest BCUT2D eigenvalue weighted by Gasteiger charge is -2.26. The molecule has 1 aliphatic rings. The SMILES string of the molecule is CCCC(C)(C)Cc1cc(COc2cccc(C(CC(=O)OC)C3CC3)c2)c(F)cc1-c1cc(OC)ncc1F. The Hall–Kier alpha value is -3.48. The van der Waals surface area contributed by atoms with Crippen molar-refractivity contribution in [1.82, 2.24) is 4.98 Å². The number of halogens is 2. The Morgan fingerprint density at radius 1 is 1.05 bits per heavy atom. The number of rotatable bonds is 13. The first kappa shape index (κ1) is 29.5. The Balaban J connectivity index is 1.63. The topological polar surface area (TPSA) is 57.7 Å². The van der Waals surface area contributed by atoms with Gasteiger partial charge in [0.15, 0.2) is 0 Å². The minimum absolute atomic E-state index is 0.0179. The Bertz CT molecular complexity index is 1340. The second-order valence-electron chi connectivity index (χ2n) is 11.5. The summed E-state index contributed by atoms with van der Waals surface area (Å²) >= 11 is 0. The third-order valence-corrected chi connectivity index (χ3v) is 7.68. The molecule has 0 saturated heterocycles. The van der Waals surface area contributed by atoms with E-state index >= 15 is 4.39 Å². The molecule has 0 spiro atoms. The minimum atomic E-state index is -0.535. The summed E-state index contributed by atoms with van der Waals surface area (Å²) in [5, 5.41) is 0. The average molecular weight is 552 g/mol. The summed E-state index contributed by atoms with van der Waals surface area (Å²) in [5.74, 6) is 0.168. The fourth-order valence-corrected chi connectivity index (χ4v) is 5.51. The van der Waals surface area contributed by atoms with Crippen molar-refractivity contribution in [1.29, 1.82) is 0 Å². The van der Waals surface area contributed by atoms with Gasteiger partial charge in [0.25, 0.3) is 0 Å². The van der Waals surface area contributed by atoms with Crippen molar-refractivity contribution in [2.24, 2.45) is 11.3 Å². The highest BCUT2D eigenvalue weighted by Gasteiger charge is 2.34. The highest BCUT2D eigenvalue weighted by Crippen LogP contribution is 2.45. The summed E-state index contributed by atoms with van der Waals surface area (Å²) in [6, 6.07) is 12.4. The van der Waals surface area contributed by atoms with Gasteiger partial charge in [-0.05, 0) is 83.9 Å². The molecule has 1 saturated carbocycles. The number of methoxy groups -OCH3 is 2. The number of pyridine rings is 1. The van der Waals surface area contributed by atoms with Gasteiger partial charge in [0.05, 0.1) is 26.8 Å². The summed E-state index contributed by atoms with van der Waals surface area (Å²) in [4.78, 5) is 15.9. The first-order valence-corrected chi connectivity index (χ1v) is 13.9. The molecule has 5 nitrogen and oxygen atoms in total. The molecule has 40 heavy (non-hydrogen) atoms.